The number of carbonyl (C=O) groups is 1. The maximum absolute atomic E-state index is 12.0. The zero-order chi connectivity index (χ0) is 14.7. The summed E-state index contributed by atoms with van der Waals surface area (Å²) in [6.45, 7) is 5.39. The van der Waals surface area contributed by atoms with E-state index < -0.39 is 0 Å². The third-order valence-electron chi connectivity index (χ3n) is 5.07. The normalized spacial score (nSPS) is 21.0. The molecule has 0 radical (unpaired) electrons. The van der Waals surface area contributed by atoms with Crippen molar-refractivity contribution in [1.82, 2.24) is 10.2 Å². The van der Waals surface area contributed by atoms with E-state index in [4.69, 9.17) is 0 Å². The summed E-state index contributed by atoms with van der Waals surface area (Å²) in [5.41, 5.74) is 2.80. The van der Waals surface area contributed by atoms with Gasteiger partial charge in [-0.25, -0.2) is 0 Å². The second kappa shape index (κ2) is 6.61. The quantitative estimate of drug-likeness (QED) is 0.923. The topological polar surface area (TPSA) is 32.3 Å². The van der Waals surface area contributed by atoms with Crippen molar-refractivity contribution in [2.24, 2.45) is 5.92 Å². The maximum Gasteiger partial charge on any atom is 0.223 e. The van der Waals surface area contributed by atoms with Crippen LogP contribution in [0.2, 0.25) is 0 Å². The van der Waals surface area contributed by atoms with Crippen LogP contribution in [0.5, 0.6) is 0 Å². The molecule has 2 aliphatic rings. The molecule has 0 aromatic heterocycles. The molecule has 0 bridgehead atoms. The Labute approximate surface area is 127 Å². The summed E-state index contributed by atoms with van der Waals surface area (Å²) in [5, 5.41) is 3.25. The number of nitrogens with zero attached hydrogens (tertiary/aromatic N) is 1. The van der Waals surface area contributed by atoms with E-state index in [1.807, 2.05) is 0 Å². The van der Waals surface area contributed by atoms with E-state index in [0.29, 0.717) is 17.9 Å². The molecule has 1 N–H and O–H groups in total. The molecule has 1 amide bonds. The minimum Gasteiger partial charge on any atom is -0.353 e. The summed E-state index contributed by atoms with van der Waals surface area (Å²) in [6, 6.07) is 9.02. The van der Waals surface area contributed by atoms with E-state index in [1.54, 1.807) is 0 Å². The fraction of sp³-hybridized carbons (Fsp3) is 0.611. The van der Waals surface area contributed by atoms with Crippen molar-refractivity contribution >= 4 is 5.91 Å². The Morgan fingerprint density at radius 1 is 1.19 bits per heavy atom. The van der Waals surface area contributed by atoms with Crippen LogP contribution in [0, 0.1) is 12.8 Å². The van der Waals surface area contributed by atoms with Crippen molar-refractivity contribution in [2.75, 3.05) is 13.1 Å². The molecule has 3 heteroatoms. The first kappa shape index (κ1) is 14.6. The van der Waals surface area contributed by atoms with Crippen molar-refractivity contribution in [3.8, 4) is 0 Å². The fourth-order valence-electron chi connectivity index (χ4n) is 3.25. The lowest BCUT2D eigenvalue weighted by molar-refractivity contribution is -0.128. The van der Waals surface area contributed by atoms with E-state index in [-0.39, 0.29) is 0 Å². The third-order valence-corrected chi connectivity index (χ3v) is 5.07. The summed E-state index contributed by atoms with van der Waals surface area (Å²) >= 11 is 0. The average Bonchev–Trinajstić information content (AvgIpc) is 2.41. The van der Waals surface area contributed by atoms with Crippen LogP contribution in [-0.2, 0) is 11.3 Å². The van der Waals surface area contributed by atoms with Crippen LogP contribution in [0.4, 0.5) is 0 Å². The summed E-state index contributed by atoms with van der Waals surface area (Å²) < 4.78 is 0. The first-order chi connectivity index (χ1) is 10.2. The molecule has 1 saturated heterocycles. The molecule has 114 valence electrons. The highest BCUT2D eigenvalue weighted by atomic mass is 16.2. The summed E-state index contributed by atoms with van der Waals surface area (Å²) in [6.07, 6.45) is 5.59. The molecule has 3 nitrogen and oxygen atoms in total. The largest absolute Gasteiger partial charge is 0.353 e. The van der Waals surface area contributed by atoms with Crippen LogP contribution in [0.1, 0.15) is 43.2 Å². The third kappa shape index (κ3) is 3.65. The van der Waals surface area contributed by atoms with E-state index in [9.17, 15) is 4.79 Å². The van der Waals surface area contributed by atoms with Gasteiger partial charge >= 0.3 is 0 Å². The molecular weight excluding hydrogens is 260 g/mol. The highest BCUT2D eigenvalue weighted by Gasteiger charge is 2.28. The monoisotopic (exact) mass is 286 g/mol. The van der Waals surface area contributed by atoms with Gasteiger partial charge in [0.2, 0.25) is 5.91 Å². The maximum atomic E-state index is 12.0. The number of hydrogen-bond acceptors (Lipinski definition) is 2. The second-order valence-electron chi connectivity index (χ2n) is 6.61. The molecule has 1 saturated carbocycles. The van der Waals surface area contributed by atoms with Gasteiger partial charge in [0, 0.05) is 31.6 Å². The van der Waals surface area contributed by atoms with Gasteiger partial charge in [-0.15, -0.1) is 0 Å². The smallest absolute Gasteiger partial charge is 0.223 e. The molecule has 1 heterocycles. The number of likely N-dealkylation sites (tertiary alicyclic amines) is 1. The Hall–Kier alpha value is -1.35. The molecule has 1 aromatic carbocycles. The van der Waals surface area contributed by atoms with Crippen LogP contribution < -0.4 is 5.32 Å². The Kier molecular flexibility index (Phi) is 4.59. The van der Waals surface area contributed by atoms with Crippen LogP contribution in [0.25, 0.3) is 0 Å². The first-order valence-electron chi connectivity index (χ1n) is 8.29. The number of amides is 1. The van der Waals surface area contributed by atoms with Crippen molar-refractivity contribution in [3.05, 3.63) is 35.4 Å². The lowest BCUT2D eigenvalue weighted by atomic mass is 9.84. The standard InChI is InChI=1S/C18H26N2O/c1-14-5-2-3-6-16(14)13-20-11-9-17(10-12-20)19-18(21)15-7-4-8-15/h2-3,5-6,15,17H,4,7-13H2,1H3,(H,19,21). The minimum absolute atomic E-state index is 0.304. The number of hydrogen-bond donors (Lipinski definition) is 1. The molecular formula is C18H26N2O. The number of benzene rings is 1. The zero-order valence-corrected chi connectivity index (χ0v) is 13.0. The van der Waals surface area contributed by atoms with Crippen LogP contribution in [0.15, 0.2) is 24.3 Å². The van der Waals surface area contributed by atoms with Crippen LogP contribution >= 0.6 is 0 Å². The van der Waals surface area contributed by atoms with Gasteiger partial charge in [0.1, 0.15) is 0 Å². The Morgan fingerprint density at radius 3 is 2.52 bits per heavy atom. The second-order valence-corrected chi connectivity index (χ2v) is 6.61. The predicted molar refractivity (Wildman–Crippen MR) is 85.0 cm³/mol. The highest BCUT2D eigenvalue weighted by Crippen LogP contribution is 2.27. The van der Waals surface area contributed by atoms with E-state index in [0.717, 1.165) is 45.3 Å². The molecule has 21 heavy (non-hydrogen) atoms. The SMILES string of the molecule is Cc1ccccc1CN1CCC(NC(=O)C2CCC2)CC1. The molecule has 1 aliphatic carbocycles. The van der Waals surface area contributed by atoms with Gasteiger partial charge in [0.25, 0.3) is 0 Å². The van der Waals surface area contributed by atoms with Gasteiger partial charge in [-0.1, -0.05) is 30.7 Å². The van der Waals surface area contributed by atoms with Gasteiger partial charge in [-0.2, -0.15) is 0 Å². The van der Waals surface area contributed by atoms with Crippen molar-refractivity contribution in [1.29, 1.82) is 0 Å². The number of piperidine rings is 1. The lowest BCUT2D eigenvalue weighted by Crippen LogP contribution is -2.47. The molecule has 1 aliphatic heterocycles. The van der Waals surface area contributed by atoms with Gasteiger partial charge in [0.15, 0.2) is 0 Å². The Balaban J connectivity index is 1.44. The van der Waals surface area contributed by atoms with Gasteiger partial charge in [0.05, 0.1) is 0 Å². The molecule has 2 fully saturated rings. The van der Waals surface area contributed by atoms with E-state index in [2.05, 4.69) is 41.4 Å². The average molecular weight is 286 g/mol. The van der Waals surface area contributed by atoms with Crippen molar-refractivity contribution in [2.45, 2.75) is 51.6 Å². The fourth-order valence-corrected chi connectivity index (χ4v) is 3.25. The predicted octanol–water partition coefficient (Wildman–Crippen LogP) is 2.88. The Bertz CT molecular complexity index is 488. The van der Waals surface area contributed by atoms with Gasteiger partial charge < -0.3 is 5.32 Å². The number of nitrogens with one attached hydrogen (secondary N) is 1. The number of aryl methyl sites for hydroxylation is 1. The summed E-state index contributed by atoms with van der Waals surface area (Å²) in [4.78, 5) is 14.5. The van der Waals surface area contributed by atoms with Gasteiger partial charge in [-0.3, -0.25) is 9.69 Å². The van der Waals surface area contributed by atoms with Crippen LogP contribution in [-0.4, -0.2) is 29.9 Å². The summed E-state index contributed by atoms with van der Waals surface area (Å²) in [5.74, 6) is 0.619. The molecule has 3 rings (SSSR count). The lowest BCUT2D eigenvalue weighted by Gasteiger charge is -2.34. The number of carbonyl (C=O) groups excluding carboxylic acids is 1. The molecule has 1 aromatic rings. The van der Waals surface area contributed by atoms with Crippen LogP contribution in [0.3, 0.4) is 0 Å². The zero-order valence-electron chi connectivity index (χ0n) is 13.0. The van der Waals surface area contributed by atoms with E-state index in [1.165, 1.54) is 17.5 Å². The molecule has 0 unspecified atom stereocenters. The first-order valence-corrected chi connectivity index (χ1v) is 8.29. The highest BCUT2D eigenvalue weighted by molar-refractivity contribution is 5.79. The van der Waals surface area contributed by atoms with E-state index >= 15 is 0 Å². The van der Waals surface area contributed by atoms with Crippen molar-refractivity contribution < 1.29 is 4.79 Å². The van der Waals surface area contributed by atoms with Crippen molar-refractivity contribution in [3.63, 3.8) is 0 Å². The van der Waals surface area contributed by atoms with Gasteiger partial charge in [-0.05, 0) is 43.7 Å². The minimum atomic E-state index is 0.304. The Morgan fingerprint density at radius 2 is 1.90 bits per heavy atom. The molecule has 0 spiro atoms. The number of rotatable bonds is 4. The molecule has 0 atom stereocenters. The summed E-state index contributed by atoms with van der Waals surface area (Å²) in [7, 11) is 0.